The van der Waals surface area contributed by atoms with Crippen LogP contribution in [-0.2, 0) is 14.3 Å². The number of esters is 1. The van der Waals surface area contributed by atoms with Gasteiger partial charge in [-0.3, -0.25) is 4.79 Å². The molecule has 2 heterocycles. The van der Waals surface area contributed by atoms with Crippen LogP contribution in [-0.4, -0.2) is 23.3 Å². The van der Waals surface area contributed by atoms with Crippen LogP contribution < -0.4 is 0 Å². The van der Waals surface area contributed by atoms with Gasteiger partial charge in [-0.05, 0) is 85.5 Å². The second-order valence-corrected chi connectivity index (χ2v) is 13.6. The van der Waals surface area contributed by atoms with Gasteiger partial charge >= 0.3 is 5.97 Å². The molecular weight excluding hydrogens is 408 g/mol. The molecule has 0 aromatic rings. The molecule has 2 saturated carbocycles. The molecule has 2 aliphatic heterocycles. The minimum Gasteiger partial charge on any atom is -0.462 e. The summed E-state index contributed by atoms with van der Waals surface area (Å²) in [6, 6.07) is 0. The summed E-state index contributed by atoms with van der Waals surface area (Å²) < 4.78 is 13.1. The molecule has 0 radical (unpaired) electrons. The Balaban J connectivity index is 1.39. The lowest BCUT2D eigenvalue weighted by atomic mass is 9.48. The summed E-state index contributed by atoms with van der Waals surface area (Å²) in [5.74, 6) is 3.69. The number of carbonyl (C=O) groups is 1. The van der Waals surface area contributed by atoms with E-state index in [-0.39, 0.29) is 28.7 Å². The summed E-state index contributed by atoms with van der Waals surface area (Å²) in [4.78, 5) is 11.7. The molecule has 3 heteroatoms. The first-order chi connectivity index (χ1) is 15.5. The zero-order chi connectivity index (χ0) is 23.8. The van der Waals surface area contributed by atoms with Gasteiger partial charge in [-0.25, -0.2) is 0 Å². The standard InChI is InChI=1S/C30H48O3/c1-19(2)20(3)8-9-21(4)24-10-11-25-27(24,6)14-13-26-28(7)15-12-23(32-22(5)31)18-29(28)16-17-30(25,26)33-29/h13,19-21,23-25H,8-12,14-18H2,1-7H3/t20-,21+,23+,24+,25-,27+,28+,29+,30-/m0/s1. The molecule has 186 valence electrons. The largest absolute Gasteiger partial charge is 0.462 e. The second kappa shape index (κ2) is 7.84. The molecule has 5 aliphatic rings. The molecule has 0 aromatic carbocycles. The van der Waals surface area contributed by atoms with Gasteiger partial charge in [-0.1, -0.05) is 60.5 Å². The number of fused-ring (bicyclic) bond motifs is 2. The van der Waals surface area contributed by atoms with Crippen molar-refractivity contribution in [2.45, 2.75) is 130 Å². The molecule has 33 heavy (non-hydrogen) atoms. The Labute approximate surface area is 202 Å². The molecule has 5 rings (SSSR count). The van der Waals surface area contributed by atoms with Gasteiger partial charge in [0.2, 0.25) is 0 Å². The van der Waals surface area contributed by atoms with E-state index in [1.54, 1.807) is 12.5 Å². The van der Waals surface area contributed by atoms with E-state index in [4.69, 9.17) is 9.47 Å². The monoisotopic (exact) mass is 456 g/mol. The Hall–Kier alpha value is -0.830. The predicted molar refractivity (Wildman–Crippen MR) is 133 cm³/mol. The van der Waals surface area contributed by atoms with Crippen molar-refractivity contribution in [2.24, 2.45) is 40.4 Å². The van der Waals surface area contributed by atoms with Crippen molar-refractivity contribution in [3.05, 3.63) is 11.6 Å². The van der Waals surface area contributed by atoms with Gasteiger partial charge in [0.25, 0.3) is 0 Å². The van der Waals surface area contributed by atoms with E-state index >= 15 is 0 Å². The van der Waals surface area contributed by atoms with Crippen molar-refractivity contribution >= 4 is 5.97 Å². The summed E-state index contributed by atoms with van der Waals surface area (Å²) in [7, 11) is 0. The predicted octanol–water partition coefficient (Wildman–Crippen LogP) is 7.48. The summed E-state index contributed by atoms with van der Waals surface area (Å²) in [6.45, 7) is 16.4. The highest BCUT2D eigenvalue weighted by Gasteiger charge is 2.76. The molecule has 4 fully saturated rings. The van der Waals surface area contributed by atoms with Crippen LogP contribution in [0.25, 0.3) is 0 Å². The molecule has 9 atom stereocenters. The Morgan fingerprint density at radius 3 is 2.55 bits per heavy atom. The quantitative estimate of drug-likeness (QED) is 0.307. The lowest BCUT2D eigenvalue weighted by Gasteiger charge is -2.54. The molecule has 0 N–H and O–H groups in total. The lowest BCUT2D eigenvalue weighted by Crippen LogP contribution is -2.53. The highest BCUT2D eigenvalue weighted by Crippen LogP contribution is 2.76. The fourth-order valence-electron chi connectivity index (χ4n) is 9.59. The average molecular weight is 457 g/mol. The van der Waals surface area contributed by atoms with Gasteiger partial charge in [-0.2, -0.15) is 0 Å². The van der Waals surface area contributed by atoms with E-state index in [1.165, 1.54) is 38.5 Å². The van der Waals surface area contributed by atoms with E-state index in [1.807, 2.05) is 0 Å². The first-order valence-corrected chi connectivity index (χ1v) is 14.1. The van der Waals surface area contributed by atoms with Crippen LogP contribution >= 0.6 is 0 Å². The average Bonchev–Trinajstić information content (AvgIpc) is 3.35. The van der Waals surface area contributed by atoms with Gasteiger partial charge in [0, 0.05) is 18.8 Å². The van der Waals surface area contributed by atoms with E-state index in [0.717, 1.165) is 49.4 Å². The van der Waals surface area contributed by atoms with Crippen molar-refractivity contribution in [1.82, 2.24) is 0 Å². The summed E-state index contributed by atoms with van der Waals surface area (Å²) in [5.41, 5.74) is 1.95. The Morgan fingerprint density at radius 2 is 1.85 bits per heavy atom. The fourth-order valence-corrected chi connectivity index (χ4v) is 9.59. The Kier molecular flexibility index (Phi) is 5.67. The summed E-state index contributed by atoms with van der Waals surface area (Å²) >= 11 is 0. The van der Waals surface area contributed by atoms with Crippen LogP contribution in [0.5, 0.6) is 0 Å². The van der Waals surface area contributed by atoms with Crippen LogP contribution in [0, 0.1) is 40.4 Å². The van der Waals surface area contributed by atoms with Crippen molar-refractivity contribution in [1.29, 1.82) is 0 Å². The van der Waals surface area contributed by atoms with Crippen LogP contribution in [0.3, 0.4) is 0 Å². The van der Waals surface area contributed by atoms with Crippen LogP contribution in [0.2, 0.25) is 0 Å². The molecular formula is C30H48O3. The third-order valence-electron chi connectivity index (χ3n) is 11.8. The molecule has 2 bridgehead atoms. The maximum absolute atomic E-state index is 11.7. The van der Waals surface area contributed by atoms with Gasteiger partial charge in [0.05, 0.1) is 11.2 Å². The molecule has 2 saturated heterocycles. The lowest BCUT2D eigenvalue weighted by molar-refractivity contribution is -0.167. The normalized spacial score (nSPS) is 47.5. The molecule has 0 aromatic heterocycles. The SMILES string of the molecule is CC(=O)O[C@@H]1CC[C@]2(C)C3=CC[C@]4(C)[C@@H]([C@H](C)CC[C@H](C)C(C)C)CC[C@@H]4[C@@]34CC[C@]2(C1)O4. The maximum Gasteiger partial charge on any atom is 0.302 e. The minimum atomic E-state index is -0.144. The van der Waals surface area contributed by atoms with Gasteiger partial charge in [-0.15, -0.1) is 0 Å². The number of hydrogen-bond acceptors (Lipinski definition) is 3. The third-order valence-corrected chi connectivity index (χ3v) is 11.8. The molecule has 3 aliphatic carbocycles. The van der Waals surface area contributed by atoms with Crippen molar-refractivity contribution in [2.75, 3.05) is 0 Å². The van der Waals surface area contributed by atoms with E-state index in [9.17, 15) is 4.79 Å². The molecule has 2 spiro atoms. The highest BCUT2D eigenvalue weighted by atomic mass is 16.6. The molecule has 0 amide bonds. The minimum absolute atomic E-state index is 0.0251. The van der Waals surface area contributed by atoms with Crippen LogP contribution in [0.15, 0.2) is 11.6 Å². The second-order valence-electron chi connectivity index (χ2n) is 13.6. The van der Waals surface area contributed by atoms with Gasteiger partial charge in [0.15, 0.2) is 0 Å². The van der Waals surface area contributed by atoms with Gasteiger partial charge in [0.1, 0.15) is 6.10 Å². The first kappa shape index (κ1) is 23.9. The third kappa shape index (κ3) is 3.26. The zero-order valence-corrected chi connectivity index (χ0v) is 22.3. The molecule has 0 unspecified atom stereocenters. The van der Waals surface area contributed by atoms with Crippen molar-refractivity contribution in [3.63, 3.8) is 0 Å². The summed E-state index contributed by atoms with van der Waals surface area (Å²) in [6.07, 6.45) is 14.6. The highest BCUT2D eigenvalue weighted by molar-refractivity contribution is 5.66. The number of carbonyl (C=O) groups excluding carboxylic acids is 1. The Bertz CT molecular complexity index is 830. The van der Waals surface area contributed by atoms with Crippen molar-refractivity contribution in [3.8, 4) is 0 Å². The van der Waals surface area contributed by atoms with Crippen LogP contribution in [0.1, 0.15) is 113 Å². The fraction of sp³-hybridized carbons (Fsp3) is 0.900. The van der Waals surface area contributed by atoms with Crippen LogP contribution in [0.4, 0.5) is 0 Å². The van der Waals surface area contributed by atoms with Crippen molar-refractivity contribution < 1.29 is 14.3 Å². The number of rotatable bonds is 6. The zero-order valence-electron chi connectivity index (χ0n) is 22.3. The van der Waals surface area contributed by atoms with E-state index in [0.29, 0.717) is 11.3 Å². The summed E-state index contributed by atoms with van der Waals surface area (Å²) in [5, 5.41) is 0. The number of hydrogen-bond donors (Lipinski definition) is 0. The number of ether oxygens (including phenoxy) is 2. The van der Waals surface area contributed by atoms with E-state index in [2.05, 4.69) is 47.6 Å². The Morgan fingerprint density at radius 1 is 1.09 bits per heavy atom. The maximum atomic E-state index is 11.7. The topological polar surface area (TPSA) is 35.5 Å². The molecule has 3 nitrogen and oxygen atoms in total. The smallest absolute Gasteiger partial charge is 0.302 e. The van der Waals surface area contributed by atoms with Gasteiger partial charge < -0.3 is 9.47 Å². The van der Waals surface area contributed by atoms with E-state index < -0.39 is 0 Å². The first-order valence-electron chi connectivity index (χ1n) is 14.1. The number of allylic oxidation sites excluding steroid dienone is 1.